The van der Waals surface area contributed by atoms with Crippen LogP contribution in [0.5, 0.6) is 5.75 Å². The monoisotopic (exact) mass is 369 g/mol. The van der Waals surface area contributed by atoms with Crippen LogP contribution in [0, 0.1) is 0 Å². The summed E-state index contributed by atoms with van der Waals surface area (Å²) in [6.45, 7) is 4.40. The maximum absolute atomic E-state index is 12.7. The quantitative estimate of drug-likeness (QED) is 0.900. The molecule has 7 heteroatoms. The van der Waals surface area contributed by atoms with Crippen molar-refractivity contribution in [2.45, 2.75) is 38.9 Å². The number of carbonyl (C=O) groups excluding carboxylic acids is 1. The van der Waals surface area contributed by atoms with Gasteiger partial charge < -0.3 is 15.0 Å². The van der Waals surface area contributed by atoms with Crippen molar-refractivity contribution >= 4 is 11.7 Å². The molecule has 0 bridgehead atoms. The zero-order chi connectivity index (χ0) is 18.8. The summed E-state index contributed by atoms with van der Waals surface area (Å²) >= 11 is 0. The molecule has 1 aromatic carbocycles. The van der Waals surface area contributed by atoms with Crippen LogP contribution >= 0.6 is 0 Å². The number of aryl methyl sites for hydroxylation is 1. The minimum absolute atomic E-state index is 0.0831. The van der Waals surface area contributed by atoms with Gasteiger partial charge in [0.15, 0.2) is 0 Å². The van der Waals surface area contributed by atoms with Gasteiger partial charge in [0.25, 0.3) is 0 Å². The Morgan fingerprint density at radius 1 is 1.15 bits per heavy atom. The van der Waals surface area contributed by atoms with Crippen LogP contribution in [-0.4, -0.2) is 45.8 Å². The van der Waals surface area contributed by atoms with Gasteiger partial charge in [-0.15, -0.1) is 0 Å². The van der Waals surface area contributed by atoms with E-state index in [4.69, 9.17) is 9.84 Å². The van der Waals surface area contributed by atoms with Gasteiger partial charge in [-0.05, 0) is 50.2 Å². The van der Waals surface area contributed by atoms with Crippen molar-refractivity contribution in [3.63, 3.8) is 0 Å². The fraction of sp³-hybridized carbons (Fsp3) is 0.500. The number of nitrogens with one attached hydrogen (secondary N) is 1. The molecule has 0 aliphatic carbocycles. The molecule has 7 nitrogen and oxygen atoms in total. The molecule has 144 valence electrons. The Morgan fingerprint density at radius 2 is 1.89 bits per heavy atom. The van der Waals surface area contributed by atoms with Gasteiger partial charge in [-0.25, -0.2) is 4.79 Å². The van der Waals surface area contributed by atoms with Crippen LogP contribution in [0.4, 0.5) is 10.5 Å². The SMILES string of the molecule is COc1ccc(NC(=O)N2Cc3c(CN4CCCCC4)nn(C)c3C2)cc1. The Morgan fingerprint density at radius 3 is 2.59 bits per heavy atom. The van der Waals surface area contributed by atoms with Crippen molar-refractivity contribution < 1.29 is 9.53 Å². The molecule has 0 spiro atoms. The number of likely N-dealkylation sites (tertiary alicyclic amines) is 1. The van der Waals surface area contributed by atoms with Crippen molar-refractivity contribution in [3.8, 4) is 5.75 Å². The van der Waals surface area contributed by atoms with Crippen LogP contribution in [0.1, 0.15) is 36.2 Å². The van der Waals surface area contributed by atoms with E-state index in [9.17, 15) is 4.79 Å². The van der Waals surface area contributed by atoms with E-state index in [0.717, 1.165) is 42.5 Å². The topological polar surface area (TPSA) is 62.6 Å². The molecule has 3 heterocycles. The first-order valence-corrected chi connectivity index (χ1v) is 9.60. The largest absolute Gasteiger partial charge is 0.497 e. The molecule has 0 atom stereocenters. The molecule has 1 aromatic heterocycles. The highest BCUT2D eigenvalue weighted by molar-refractivity contribution is 5.89. The highest BCUT2D eigenvalue weighted by atomic mass is 16.5. The lowest BCUT2D eigenvalue weighted by atomic mass is 10.1. The lowest BCUT2D eigenvalue weighted by Crippen LogP contribution is -2.32. The van der Waals surface area contributed by atoms with Gasteiger partial charge in [-0.2, -0.15) is 5.10 Å². The molecular weight excluding hydrogens is 342 g/mol. The van der Waals surface area contributed by atoms with Gasteiger partial charge in [0.1, 0.15) is 5.75 Å². The van der Waals surface area contributed by atoms with E-state index in [1.807, 2.05) is 40.9 Å². The number of carbonyl (C=O) groups is 1. The Bertz CT molecular complexity index is 809. The highest BCUT2D eigenvalue weighted by Gasteiger charge is 2.30. The number of ether oxygens (including phenoxy) is 1. The first-order chi connectivity index (χ1) is 13.1. The molecular formula is C20H27N5O2. The first-order valence-electron chi connectivity index (χ1n) is 9.60. The van der Waals surface area contributed by atoms with Gasteiger partial charge in [-0.3, -0.25) is 9.58 Å². The maximum Gasteiger partial charge on any atom is 0.322 e. The molecule has 4 rings (SSSR count). The zero-order valence-electron chi connectivity index (χ0n) is 16.1. The second kappa shape index (κ2) is 7.60. The average molecular weight is 369 g/mol. The van der Waals surface area contributed by atoms with Gasteiger partial charge in [0.2, 0.25) is 0 Å². The number of piperidine rings is 1. The molecule has 1 fully saturated rings. The number of rotatable bonds is 4. The summed E-state index contributed by atoms with van der Waals surface area (Å²) in [6.07, 6.45) is 3.87. The van der Waals surface area contributed by atoms with Crippen molar-refractivity contribution in [1.82, 2.24) is 19.6 Å². The smallest absolute Gasteiger partial charge is 0.322 e. The number of anilines is 1. The van der Waals surface area contributed by atoms with Crippen molar-refractivity contribution in [1.29, 1.82) is 0 Å². The van der Waals surface area contributed by atoms with Crippen LogP contribution in [0.25, 0.3) is 0 Å². The summed E-state index contributed by atoms with van der Waals surface area (Å²) in [5.41, 5.74) is 4.25. The van der Waals surface area contributed by atoms with Gasteiger partial charge >= 0.3 is 6.03 Å². The molecule has 1 saturated heterocycles. The van der Waals surface area contributed by atoms with E-state index in [1.165, 1.54) is 24.8 Å². The Balaban J connectivity index is 1.42. The number of hydrogen-bond acceptors (Lipinski definition) is 4. The van der Waals surface area contributed by atoms with E-state index < -0.39 is 0 Å². The lowest BCUT2D eigenvalue weighted by molar-refractivity contribution is 0.208. The summed E-state index contributed by atoms with van der Waals surface area (Å²) in [6, 6.07) is 7.30. The summed E-state index contributed by atoms with van der Waals surface area (Å²) < 4.78 is 7.10. The first kappa shape index (κ1) is 17.9. The summed E-state index contributed by atoms with van der Waals surface area (Å²) in [4.78, 5) is 17.0. The van der Waals surface area contributed by atoms with Crippen LogP contribution < -0.4 is 10.1 Å². The molecule has 27 heavy (non-hydrogen) atoms. The summed E-state index contributed by atoms with van der Waals surface area (Å²) in [7, 11) is 3.61. The van der Waals surface area contributed by atoms with E-state index in [2.05, 4.69) is 10.2 Å². The Labute approximate surface area is 159 Å². The number of nitrogens with zero attached hydrogens (tertiary/aromatic N) is 4. The normalized spacial score (nSPS) is 17.0. The second-order valence-electron chi connectivity index (χ2n) is 7.35. The van der Waals surface area contributed by atoms with E-state index >= 15 is 0 Å². The Hall–Kier alpha value is -2.54. The van der Waals surface area contributed by atoms with Crippen molar-refractivity contribution in [2.75, 3.05) is 25.5 Å². The predicted octanol–water partition coefficient (Wildman–Crippen LogP) is 2.96. The second-order valence-corrected chi connectivity index (χ2v) is 7.35. The molecule has 0 unspecified atom stereocenters. The predicted molar refractivity (Wildman–Crippen MR) is 104 cm³/mol. The van der Waals surface area contributed by atoms with Crippen molar-refractivity contribution in [3.05, 3.63) is 41.2 Å². The van der Waals surface area contributed by atoms with Crippen LogP contribution in [0.3, 0.4) is 0 Å². The molecule has 2 amide bonds. The lowest BCUT2D eigenvalue weighted by Gasteiger charge is -2.26. The zero-order valence-corrected chi connectivity index (χ0v) is 16.1. The number of benzene rings is 1. The van der Waals surface area contributed by atoms with Crippen LogP contribution in [0.15, 0.2) is 24.3 Å². The molecule has 2 aliphatic heterocycles. The maximum atomic E-state index is 12.7. The summed E-state index contributed by atoms with van der Waals surface area (Å²) in [5, 5.41) is 7.70. The van der Waals surface area contributed by atoms with E-state index in [1.54, 1.807) is 7.11 Å². The molecule has 2 aromatic rings. The molecule has 0 saturated carbocycles. The number of fused-ring (bicyclic) bond motifs is 1. The van der Waals surface area contributed by atoms with E-state index in [0.29, 0.717) is 13.1 Å². The third-order valence-corrected chi connectivity index (χ3v) is 5.50. The third kappa shape index (κ3) is 3.78. The Kier molecular flexibility index (Phi) is 5.03. The van der Waals surface area contributed by atoms with Crippen LogP contribution in [0.2, 0.25) is 0 Å². The number of methoxy groups -OCH3 is 1. The number of amides is 2. The molecule has 0 radical (unpaired) electrons. The van der Waals surface area contributed by atoms with Gasteiger partial charge in [0, 0.05) is 24.8 Å². The number of hydrogen-bond donors (Lipinski definition) is 1. The molecule has 1 N–H and O–H groups in total. The van der Waals surface area contributed by atoms with E-state index in [-0.39, 0.29) is 6.03 Å². The molecule has 2 aliphatic rings. The van der Waals surface area contributed by atoms with Crippen molar-refractivity contribution in [2.24, 2.45) is 7.05 Å². The fourth-order valence-electron chi connectivity index (χ4n) is 3.95. The van der Waals surface area contributed by atoms with Crippen LogP contribution in [-0.2, 0) is 26.7 Å². The number of urea groups is 1. The van der Waals surface area contributed by atoms with Gasteiger partial charge in [0.05, 0.1) is 31.6 Å². The third-order valence-electron chi connectivity index (χ3n) is 5.50. The van der Waals surface area contributed by atoms with Gasteiger partial charge in [-0.1, -0.05) is 6.42 Å². The fourth-order valence-corrected chi connectivity index (χ4v) is 3.95. The minimum Gasteiger partial charge on any atom is -0.497 e. The minimum atomic E-state index is -0.0831. The summed E-state index contributed by atoms with van der Waals surface area (Å²) in [5.74, 6) is 0.773. The highest BCUT2D eigenvalue weighted by Crippen LogP contribution is 2.28. The number of aromatic nitrogens is 2. The standard InChI is InChI=1S/C20H27N5O2/c1-23-19-14-25(20(26)21-15-6-8-16(27-2)9-7-15)12-17(19)18(22-23)13-24-10-4-3-5-11-24/h6-9H,3-5,10-14H2,1-2H3,(H,21,26). The average Bonchev–Trinajstić information content (AvgIpc) is 3.25.